The minimum absolute atomic E-state index is 0.744. The van der Waals surface area contributed by atoms with Crippen molar-refractivity contribution in [3.8, 4) is 0 Å². The fourth-order valence-corrected chi connectivity index (χ4v) is 1.84. The average Bonchev–Trinajstić information content (AvgIpc) is 2.32. The molecule has 2 nitrogen and oxygen atoms in total. The fourth-order valence-electron chi connectivity index (χ4n) is 1.21. The lowest BCUT2D eigenvalue weighted by molar-refractivity contribution is -0.734. The van der Waals surface area contributed by atoms with Crippen molar-refractivity contribution in [1.29, 1.82) is 0 Å². The van der Waals surface area contributed by atoms with Gasteiger partial charge in [-0.15, -0.1) is 4.68 Å². The van der Waals surface area contributed by atoms with E-state index in [1.165, 1.54) is 0 Å². The molecule has 0 saturated carbocycles. The molecule has 0 aliphatic heterocycles. The van der Waals surface area contributed by atoms with Crippen molar-refractivity contribution in [2.75, 3.05) is 0 Å². The number of rotatable bonds is 0. The lowest BCUT2D eigenvalue weighted by Gasteiger charge is -1.86. The Hall–Kier alpha value is -0.540. The molecular weight excluding hydrogens is 239 g/mol. The fraction of sp³-hybridized carbons (Fsp3) is 0.125. The van der Waals surface area contributed by atoms with Gasteiger partial charge in [0.05, 0.1) is 10.4 Å². The molecule has 1 N–H and O–H groups in total. The highest BCUT2D eigenvalue weighted by Crippen LogP contribution is 2.24. The van der Waals surface area contributed by atoms with Crippen molar-refractivity contribution in [2.45, 2.75) is 0 Å². The topological polar surface area (TPSA) is 19.7 Å². The minimum Gasteiger partial charge on any atom is -0.163 e. The third kappa shape index (κ3) is 1.04. The van der Waals surface area contributed by atoms with Crippen LogP contribution in [0.15, 0.2) is 22.8 Å². The van der Waals surface area contributed by atoms with Crippen LogP contribution in [-0.2, 0) is 7.05 Å². The van der Waals surface area contributed by atoms with Gasteiger partial charge in [0.1, 0.15) is 5.52 Å². The van der Waals surface area contributed by atoms with E-state index in [-0.39, 0.29) is 0 Å². The summed E-state index contributed by atoms with van der Waals surface area (Å²) in [6, 6.07) is 5.82. The summed E-state index contributed by atoms with van der Waals surface area (Å²) in [7, 11) is 1.93. The number of hydrogen-bond acceptors (Lipinski definition) is 0. The summed E-state index contributed by atoms with van der Waals surface area (Å²) in [5, 5.41) is 4.98. The summed E-state index contributed by atoms with van der Waals surface area (Å²) in [6.45, 7) is 0. The number of hydrogen-bond donors (Lipinski definition) is 1. The van der Waals surface area contributed by atoms with Crippen molar-refractivity contribution in [3.63, 3.8) is 0 Å². The number of halogens is 2. The summed E-state index contributed by atoms with van der Waals surface area (Å²) in [5.74, 6) is 0. The number of aromatic amines is 1. The van der Waals surface area contributed by atoms with Gasteiger partial charge in [0.2, 0.25) is 0 Å². The van der Waals surface area contributed by atoms with Gasteiger partial charge in [-0.05, 0) is 12.1 Å². The molecule has 0 bridgehead atoms. The molecule has 1 heterocycles. The van der Waals surface area contributed by atoms with Crippen molar-refractivity contribution in [3.05, 3.63) is 27.8 Å². The molecule has 0 radical (unpaired) electrons. The lowest BCUT2D eigenvalue weighted by atomic mass is 10.3. The third-order valence-electron chi connectivity index (χ3n) is 1.81. The molecule has 2 aromatic rings. The van der Waals surface area contributed by atoms with Gasteiger partial charge in [-0.25, -0.2) is 0 Å². The molecule has 0 amide bonds. The third-order valence-corrected chi connectivity index (χ3v) is 3.08. The molecule has 0 fully saturated rings. The van der Waals surface area contributed by atoms with E-state index in [0.717, 1.165) is 20.5 Å². The zero-order chi connectivity index (χ0) is 8.72. The van der Waals surface area contributed by atoms with E-state index in [1.807, 2.05) is 29.9 Å². The highest BCUT2D eigenvalue weighted by Gasteiger charge is 2.13. The Bertz CT molecular complexity index is 436. The van der Waals surface area contributed by atoms with Crippen molar-refractivity contribution >= 4 is 38.4 Å². The van der Waals surface area contributed by atoms with E-state index in [9.17, 15) is 0 Å². The second-order valence-electron chi connectivity index (χ2n) is 2.62. The van der Waals surface area contributed by atoms with Crippen LogP contribution in [-0.4, -0.2) is 5.10 Å². The van der Waals surface area contributed by atoms with Gasteiger partial charge in [0.25, 0.3) is 4.60 Å². The molecule has 4 heteroatoms. The molecule has 62 valence electrons. The second kappa shape index (κ2) is 2.75. The summed E-state index contributed by atoms with van der Waals surface area (Å²) < 4.78 is 2.90. The number of nitrogens with one attached hydrogen (secondary N) is 1. The number of aromatic nitrogens is 2. The lowest BCUT2D eigenvalue weighted by Crippen LogP contribution is -2.30. The van der Waals surface area contributed by atoms with E-state index in [2.05, 4.69) is 21.0 Å². The van der Waals surface area contributed by atoms with Gasteiger partial charge < -0.3 is 0 Å². The Morgan fingerprint density at radius 2 is 2.25 bits per heavy atom. The molecule has 2 rings (SSSR count). The first-order valence-corrected chi connectivity index (χ1v) is 4.69. The standard InChI is InChI=1S/C8H6BrClN2/c1-12-8(9)5-3-2-4-6(10)7(5)11-12/h2-4H,1H3/p+1. The molecule has 0 spiro atoms. The van der Waals surface area contributed by atoms with Crippen molar-refractivity contribution in [2.24, 2.45) is 7.05 Å². The number of fused-ring (bicyclic) bond motifs is 1. The van der Waals surface area contributed by atoms with Gasteiger partial charge in [-0.2, -0.15) is 5.10 Å². The Kier molecular flexibility index (Phi) is 1.85. The van der Waals surface area contributed by atoms with Gasteiger partial charge in [0, 0.05) is 15.9 Å². The van der Waals surface area contributed by atoms with Crippen LogP contribution in [0.1, 0.15) is 0 Å². The SMILES string of the molecule is C[n+]1[nH]c2c(Cl)cccc2c1Br. The van der Waals surface area contributed by atoms with Crippen LogP contribution in [0.5, 0.6) is 0 Å². The van der Waals surface area contributed by atoms with Crippen LogP contribution in [0.4, 0.5) is 0 Å². The molecule has 0 unspecified atom stereocenters. The summed E-state index contributed by atoms with van der Waals surface area (Å²) in [4.78, 5) is 0. The molecule has 0 atom stereocenters. The predicted octanol–water partition coefficient (Wildman–Crippen LogP) is 2.41. The molecule has 0 aliphatic carbocycles. The smallest absolute Gasteiger partial charge is 0.163 e. The maximum atomic E-state index is 5.98. The first-order chi connectivity index (χ1) is 5.70. The van der Waals surface area contributed by atoms with E-state index in [1.54, 1.807) is 0 Å². The number of benzene rings is 1. The van der Waals surface area contributed by atoms with Crippen LogP contribution in [0.25, 0.3) is 10.9 Å². The summed E-state index contributed by atoms with van der Waals surface area (Å²) >= 11 is 9.43. The summed E-state index contributed by atoms with van der Waals surface area (Å²) in [6.07, 6.45) is 0. The number of nitrogens with zero attached hydrogens (tertiary/aromatic N) is 1. The Morgan fingerprint density at radius 1 is 1.50 bits per heavy atom. The Labute approximate surface area is 83.3 Å². The largest absolute Gasteiger partial charge is 0.280 e. The van der Waals surface area contributed by atoms with Crippen LogP contribution in [0.2, 0.25) is 5.02 Å². The molecular formula is C8H7BrClN2+. The van der Waals surface area contributed by atoms with E-state index in [4.69, 9.17) is 11.6 Å². The predicted molar refractivity (Wildman–Crippen MR) is 52.2 cm³/mol. The highest BCUT2D eigenvalue weighted by atomic mass is 79.9. The second-order valence-corrected chi connectivity index (χ2v) is 3.78. The zero-order valence-electron chi connectivity index (χ0n) is 6.44. The van der Waals surface area contributed by atoms with E-state index in [0.29, 0.717) is 0 Å². The molecule has 12 heavy (non-hydrogen) atoms. The van der Waals surface area contributed by atoms with Crippen LogP contribution in [0, 0.1) is 0 Å². The molecule has 1 aromatic heterocycles. The summed E-state index contributed by atoms with van der Waals surface area (Å²) in [5.41, 5.74) is 0.966. The normalized spacial score (nSPS) is 10.9. The molecule has 0 aliphatic rings. The number of H-pyrrole nitrogens is 1. The maximum absolute atomic E-state index is 5.98. The number of aryl methyl sites for hydroxylation is 1. The molecule has 0 saturated heterocycles. The van der Waals surface area contributed by atoms with E-state index >= 15 is 0 Å². The van der Waals surface area contributed by atoms with Crippen LogP contribution in [0.3, 0.4) is 0 Å². The van der Waals surface area contributed by atoms with E-state index < -0.39 is 0 Å². The Morgan fingerprint density at radius 3 is 2.92 bits per heavy atom. The minimum atomic E-state index is 0.744. The van der Waals surface area contributed by atoms with Gasteiger partial charge in [0.15, 0.2) is 7.05 Å². The maximum Gasteiger partial charge on any atom is 0.280 e. The van der Waals surface area contributed by atoms with Gasteiger partial charge >= 0.3 is 0 Å². The van der Waals surface area contributed by atoms with Gasteiger partial charge in [-0.1, -0.05) is 17.7 Å². The highest BCUT2D eigenvalue weighted by molar-refractivity contribution is 9.10. The van der Waals surface area contributed by atoms with Gasteiger partial charge in [-0.3, -0.25) is 0 Å². The van der Waals surface area contributed by atoms with Crippen molar-refractivity contribution < 1.29 is 4.68 Å². The first kappa shape index (κ1) is 8.08. The molecule has 1 aromatic carbocycles. The van der Waals surface area contributed by atoms with Crippen molar-refractivity contribution in [1.82, 2.24) is 5.10 Å². The average molecular weight is 247 g/mol. The quantitative estimate of drug-likeness (QED) is 0.689. The first-order valence-electron chi connectivity index (χ1n) is 3.52. The monoisotopic (exact) mass is 245 g/mol. The Balaban J connectivity index is 2.95. The number of para-hydroxylation sites is 1. The van der Waals surface area contributed by atoms with Crippen LogP contribution < -0.4 is 4.68 Å². The van der Waals surface area contributed by atoms with Crippen LogP contribution >= 0.6 is 27.5 Å². The zero-order valence-corrected chi connectivity index (χ0v) is 8.78.